The number of imidazole rings is 1. The number of nitrogens with one attached hydrogen (secondary N) is 2. The molecule has 38 heavy (non-hydrogen) atoms. The zero-order chi connectivity index (χ0) is 26.4. The molecule has 0 radical (unpaired) electrons. The molecule has 2 N–H and O–H groups in total. The molecule has 1 aliphatic carbocycles. The normalized spacial score (nSPS) is 15.8. The van der Waals surface area contributed by atoms with Crippen LogP contribution >= 0.6 is 0 Å². The van der Waals surface area contributed by atoms with Crippen molar-refractivity contribution in [2.24, 2.45) is 7.05 Å². The van der Waals surface area contributed by atoms with Crippen LogP contribution < -0.4 is 5.32 Å². The summed E-state index contributed by atoms with van der Waals surface area (Å²) in [6.45, 7) is 5.92. The second kappa shape index (κ2) is 9.20. The molecule has 1 aromatic carbocycles. The lowest BCUT2D eigenvalue weighted by Crippen LogP contribution is -2.29. The van der Waals surface area contributed by atoms with Crippen molar-refractivity contribution in [1.29, 1.82) is 0 Å². The molecule has 0 aliphatic heterocycles. The van der Waals surface area contributed by atoms with E-state index >= 15 is 0 Å². The second-order valence-electron chi connectivity index (χ2n) is 10.9. The van der Waals surface area contributed by atoms with Crippen molar-refractivity contribution < 1.29 is 9.32 Å². The number of fused-ring (bicyclic) bond motifs is 2. The van der Waals surface area contributed by atoms with E-state index in [0.717, 1.165) is 64.9 Å². The van der Waals surface area contributed by atoms with Crippen molar-refractivity contribution in [3.8, 4) is 22.5 Å². The van der Waals surface area contributed by atoms with Crippen molar-refractivity contribution in [3.05, 3.63) is 65.7 Å². The number of benzene rings is 1. The van der Waals surface area contributed by atoms with Crippen molar-refractivity contribution in [2.45, 2.75) is 57.9 Å². The largest absolute Gasteiger partial charge is 0.342 e. The second-order valence-corrected chi connectivity index (χ2v) is 10.9. The Labute approximate surface area is 219 Å². The van der Waals surface area contributed by atoms with Gasteiger partial charge in [0.15, 0.2) is 5.65 Å². The molecule has 194 valence electrons. The van der Waals surface area contributed by atoms with Crippen LogP contribution in [0, 0.1) is 0 Å². The van der Waals surface area contributed by atoms with Gasteiger partial charge in [0, 0.05) is 30.4 Å². The summed E-state index contributed by atoms with van der Waals surface area (Å²) in [5.74, 6) is 0.935. The van der Waals surface area contributed by atoms with Crippen molar-refractivity contribution in [2.75, 3.05) is 0 Å². The van der Waals surface area contributed by atoms with Crippen LogP contribution in [0.3, 0.4) is 0 Å². The summed E-state index contributed by atoms with van der Waals surface area (Å²) in [7, 11) is 1.88. The predicted octanol–water partition coefficient (Wildman–Crippen LogP) is 4.90. The number of carbonyl (C=O) groups is 1. The average molecular weight is 511 g/mol. The standard InChI is InChI=1S/C28H30N8O2/c1-28(2,3)27-34-25(35-38-27)26(37)31-21-8-6-5-7-16-13-17(9-10-19(16)21)20-11-12-29-24-22(20)32-23(33-24)18-14-30-36(4)15-18/h9-15,21H,5-8H2,1-4H3,(H,31,37)(H,29,32,33)/t21-/m0/s1. The molecule has 10 nitrogen and oxygen atoms in total. The lowest BCUT2D eigenvalue weighted by atomic mass is 9.94. The molecule has 0 saturated heterocycles. The van der Waals surface area contributed by atoms with Gasteiger partial charge in [0.05, 0.1) is 17.8 Å². The summed E-state index contributed by atoms with van der Waals surface area (Å²) in [6.07, 6.45) is 9.38. The van der Waals surface area contributed by atoms with E-state index in [1.54, 1.807) is 17.1 Å². The molecule has 10 heteroatoms. The number of hydrogen-bond acceptors (Lipinski definition) is 7. The van der Waals surface area contributed by atoms with E-state index in [2.05, 4.69) is 48.7 Å². The highest BCUT2D eigenvalue weighted by Gasteiger charge is 2.27. The highest BCUT2D eigenvalue weighted by molar-refractivity contribution is 5.92. The number of H-pyrrole nitrogens is 1. The van der Waals surface area contributed by atoms with Gasteiger partial charge >= 0.3 is 0 Å². The molecule has 1 amide bonds. The number of pyridine rings is 1. The maximum Gasteiger partial charge on any atom is 0.293 e. The smallest absolute Gasteiger partial charge is 0.293 e. The SMILES string of the molecule is Cn1cc(-c2nc3c(-c4ccc5c(c4)CCCC[C@@H]5NC(=O)c4noc(C(C)(C)C)n4)ccnc3[nH]2)cn1. The van der Waals surface area contributed by atoms with Crippen molar-refractivity contribution in [3.63, 3.8) is 0 Å². The first-order valence-electron chi connectivity index (χ1n) is 12.9. The Morgan fingerprint density at radius 1 is 1.16 bits per heavy atom. The van der Waals surface area contributed by atoms with E-state index in [1.807, 2.05) is 40.1 Å². The molecule has 0 unspecified atom stereocenters. The van der Waals surface area contributed by atoms with Crippen LogP contribution in [0.2, 0.25) is 0 Å². The van der Waals surface area contributed by atoms with Crippen LogP contribution in [0.15, 0.2) is 47.4 Å². The molecular weight excluding hydrogens is 480 g/mol. The molecule has 5 aromatic rings. The molecule has 6 rings (SSSR count). The van der Waals surface area contributed by atoms with Gasteiger partial charge in [0.2, 0.25) is 5.89 Å². The van der Waals surface area contributed by atoms with Crippen LogP contribution in [-0.2, 0) is 18.9 Å². The van der Waals surface area contributed by atoms with Gasteiger partial charge in [-0.2, -0.15) is 10.1 Å². The number of amides is 1. The third-order valence-corrected chi connectivity index (χ3v) is 6.96. The first-order chi connectivity index (χ1) is 18.3. The zero-order valence-electron chi connectivity index (χ0n) is 21.9. The molecular formula is C28H30N8O2. The fourth-order valence-corrected chi connectivity index (χ4v) is 4.97. The predicted molar refractivity (Wildman–Crippen MR) is 142 cm³/mol. The van der Waals surface area contributed by atoms with E-state index in [1.165, 1.54) is 5.56 Å². The van der Waals surface area contributed by atoms with Gasteiger partial charge in [0.25, 0.3) is 11.7 Å². The first kappa shape index (κ1) is 24.0. The number of aromatic amines is 1. The average Bonchev–Trinajstić information content (AvgIpc) is 3.62. The number of rotatable bonds is 4. The summed E-state index contributed by atoms with van der Waals surface area (Å²) in [6, 6.07) is 8.32. The Hall–Kier alpha value is -4.34. The summed E-state index contributed by atoms with van der Waals surface area (Å²) in [5, 5.41) is 11.3. The van der Waals surface area contributed by atoms with Gasteiger partial charge in [-0.1, -0.05) is 50.5 Å². The van der Waals surface area contributed by atoms with E-state index in [0.29, 0.717) is 5.89 Å². The van der Waals surface area contributed by atoms with Crippen LogP contribution in [0.4, 0.5) is 0 Å². The lowest BCUT2D eigenvalue weighted by Gasteiger charge is -2.19. The summed E-state index contributed by atoms with van der Waals surface area (Å²) < 4.78 is 7.08. The first-order valence-corrected chi connectivity index (χ1v) is 12.9. The Bertz CT molecular complexity index is 1640. The van der Waals surface area contributed by atoms with Gasteiger partial charge in [-0.25, -0.2) is 9.97 Å². The quantitative estimate of drug-likeness (QED) is 0.329. The minimum absolute atomic E-state index is 0.0690. The molecule has 1 aliphatic rings. The molecule has 4 heterocycles. The van der Waals surface area contributed by atoms with Gasteiger partial charge in [0.1, 0.15) is 11.3 Å². The van der Waals surface area contributed by atoms with Crippen molar-refractivity contribution >= 4 is 17.1 Å². The van der Waals surface area contributed by atoms with Crippen LogP contribution in [-0.4, -0.2) is 40.8 Å². The molecule has 0 fully saturated rings. The fourth-order valence-electron chi connectivity index (χ4n) is 4.97. The third-order valence-electron chi connectivity index (χ3n) is 6.96. The van der Waals surface area contributed by atoms with Crippen LogP contribution in [0.5, 0.6) is 0 Å². The Morgan fingerprint density at radius 3 is 2.79 bits per heavy atom. The number of aromatic nitrogens is 7. The maximum atomic E-state index is 13.0. The molecule has 4 aromatic heterocycles. The van der Waals surface area contributed by atoms with Gasteiger partial charge in [-0.05, 0) is 42.0 Å². The number of carbonyl (C=O) groups excluding carboxylic acids is 1. The van der Waals surface area contributed by atoms with E-state index < -0.39 is 0 Å². The van der Waals surface area contributed by atoms with Gasteiger partial charge in [-0.3, -0.25) is 9.48 Å². The van der Waals surface area contributed by atoms with Crippen LogP contribution in [0.25, 0.3) is 33.7 Å². The van der Waals surface area contributed by atoms with Gasteiger partial charge < -0.3 is 14.8 Å². The minimum atomic E-state index is -0.318. The van der Waals surface area contributed by atoms with E-state index in [9.17, 15) is 4.79 Å². The third kappa shape index (κ3) is 4.46. The number of aryl methyl sites for hydroxylation is 2. The minimum Gasteiger partial charge on any atom is -0.342 e. The summed E-state index contributed by atoms with van der Waals surface area (Å²) in [4.78, 5) is 30.0. The Morgan fingerprint density at radius 2 is 2.03 bits per heavy atom. The highest BCUT2D eigenvalue weighted by atomic mass is 16.5. The van der Waals surface area contributed by atoms with Crippen LogP contribution in [0.1, 0.15) is 73.7 Å². The molecule has 0 bridgehead atoms. The monoisotopic (exact) mass is 510 g/mol. The number of hydrogen-bond donors (Lipinski definition) is 2. The van der Waals surface area contributed by atoms with Crippen molar-refractivity contribution in [1.82, 2.24) is 40.2 Å². The molecule has 0 spiro atoms. The Balaban J connectivity index is 1.31. The number of nitrogens with zero attached hydrogens (tertiary/aromatic N) is 6. The van der Waals surface area contributed by atoms with Gasteiger partial charge in [-0.15, -0.1) is 0 Å². The molecule has 1 atom stereocenters. The summed E-state index contributed by atoms with van der Waals surface area (Å²) in [5.41, 5.74) is 6.57. The maximum absolute atomic E-state index is 13.0. The topological polar surface area (TPSA) is 127 Å². The Kier molecular flexibility index (Phi) is 5.81. The lowest BCUT2D eigenvalue weighted by molar-refractivity contribution is 0.0921. The van der Waals surface area contributed by atoms with E-state index in [4.69, 9.17) is 9.51 Å². The zero-order valence-corrected chi connectivity index (χ0v) is 21.9. The summed E-state index contributed by atoms with van der Waals surface area (Å²) >= 11 is 0. The molecule has 0 saturated carbocycles. The highest BCUT2D eigenvalue weighted by Crippen LogP contribution is 2.34. The fraction of sp³-hybridized carbons (Fsp3) is 0.357. The van der Waals surface area contributed by atoms with E-state index in [-0.39, 0.29) is 23.2 Å².